The van der Waals surface area contributed by atoms with Gasteiger partial charge in [-0.1, -0.05) is 12.1 Å². The molecule has 0 atom stereocenters. The molecule has 109 valence electrons. The third kappa shape index (κ3) is 2.95. The zero-order valence-electron chi connectivity index (χ0n) is 11.9. The zero-order chi connectivity index (χ0) is 15.5. The van der Waals surface area contributed by atoms with Crippen molar-refractivity contribution in [3.05, 3.63) is 58.7 Å². The van der Waals surface area contributed by atoms with Crippen molar-refractivity contribution < 1.29 is 4.79 Å². The molecule has 1 aliphatic heterocycles. The van der Waals surface area contributed by atoms with Crippen LogP contribution in [0.2, 0.25) is 0 Å². The molecule has 2 heterocycles. The summed E-state index contributed by atoms with van der Waals surface area (Å²) in [5.74, 6) is -0.634. The summed E-state index contributed by atoms with van der Waals surface area (Å²) in [5.41, 5.74) is 8.68. The number of fused-ring (bicyclic) bond motifs is 1. The van der Waals surface area contributed by atoms with Crippen molar-refractivity contribution in [2.45, 2.75) is 19.5 Å². The largest absolute Gasteiger partial charge is 0.363 e. The average Bonchev–Trinajstić information content (AvgIpc) is 2.54. The van der Waals surface area contributed by atoms with Gasteiger partial charge in [0.1, 0.15) is 0 Å². The fourth-order valence-corrected chi connectivity index (χ4v) is 2.54. The number of hydrogen-bond acceptors (Lipinski definition) is 5. The fraction of sp³-hybridized carbons (Fsp3) is 0.250. The van der Waals surface area contributed by atoms with Gasteiger partial charge in [-0.2, -0.15) is 5.26 Å². The molecule has 0 fully saturated rings. The van der Waals surface area contributed by atoms with E-state index in [1.165, 1.54) is 0 Å². The molecule has 1 radical (unpaired) electrons. The van der Waals surface area contributed by atoms with Crippen LogP contribution in [-0.4, -0.2) is 27.3 Å². The predicted octanol–water partition coefficient (Wildman–Crippen LogP) is 0.806. The average molecular weight is 292 g/mol. The second-order valence-electron chi connectivity index (χ2n) is 5.22. The van der Waals surface area contributed by atoms with Gasteiger partial charge in [0.05, 0.1) is 23.5 Å². The molecule has 1 aromatic carbocycles. The van der Waals surface area contributed by atoms with Gasteiger partial charge in [-0.05, 0) is 24.1 Å². The summed E-state index contributed by atoms with van der Waals surface area (Å²) in [4.78, 5) is 21.5. The van der Waals surface area contributed by atoms with Crippen LogP contribution >= 0.6 is 0 Å². The Labute approximate surface area is 128 Å². The number of hydrogen-bond donors (Lipinski definition) is 1. The number of aromatic nitrogens is 2. The SMILES string of the molecule is N#Cc1cccc(CN2CCc3[c]nc(C(N)=O)nc3C2)c1. The quantitative estimate of drug-likeness (QED) is 0.903. The Morgan fingerprint density at radius 1 is 1.50 bits per heavy atom. The molecule has 0 bridgehead atoms. The number of nitrogens with zero attached hydrogens (tertiary/aromatic N) is 4. The highest BCUT2D eigenvalue weighted by Gasteiger charge is 2.20. The lowest BCUT2D eigenvalue weighted by atomic mass is 10.1. The second kappa shape index (κ2) is 5.92. The van der Waals surface area contributed by atoms with E-state index < -0.39 is 5.91 Å². The van der Waals surface area contributed by atoms with Crippen LogP contribution in [0, 0.1) is 17.5 Å². The highest BCUT2D eigenvalue weighted by atomic mass is 16.1. The third-order valence-corrected chi connectivity index (χ3v) is 3.62. The summed E-state index contributed by atoms with van der Waals surface area (Å²) in [6.07, 6.45) is 3.64. The molecule has 0 unspecified atom stereocenters. The molecule has 6 nitrogen and oxygen atoms in total. The van der Waals surface area contributed by atoms with Crippen molar-refractivity contribution in [1.29, 1.82) is 5.26 Å². The van der Waals surface area contributed by atoms with Crippen molar-refractivity contribution in [1.82, 2.24) is 14.9 Å². The van der Waals surface area contributed by atoms with E-state index in [0.717, 1.165) is 36.3 Å². The van der Waals surface area contributed by atoms with Crippen molar-refractivity contribution in [3.63, 3.8) is 0 Å². The van der Waals surface area contributed by atoms with Gasteiger partial charge in [-0.15, -0.1) is 0 Å². The number of amides is 1. The maximum atomic E-state index is 11.2. The van der Waals surface area contributed by atoms with Gasteiger partial charge in [0.2, 0.25) is 5.82 Å². The summed E-state index contributed by atoms with van der Waals surface area (Å²) >= 11 is 0. The number of nitriles is 1. The summed E-state index contributed by atoms with van der Waals surface area (Å²) in [6, 6.07) is 9.70. The molecular weight excluding hydrogens is 278 g/mol. The highest BCUT2D eigenvalue weighted by Crippen LogP contribution is 2.18. The van der Waals surface area contributed by atoms with E-state index in [2.05, 4.69) is 27.1 Å². The number of nitrogens with two attached hydrogens (primary N) is 1. The molecule has 1 aliphatic rings. The first kappa shape index (κ1) is 14.2. The zero-order valence-corrected chi connectivity index (χ0v) is 11.9. The standard InChI is InChI=1S/C16H14N5O/c17-7-11-2-1-3-12(6-11)9-21-5-4-13-8-19-16(15(18)22)20-14(13)10-21/h1-3,6H,4-5,9-10H2,(H2,18,22). The van der Waals surface area contributed by atoms with E-state index >= 15 is 0 Å². The molecule has 0 saturated heterocycles. The Hall–Kier alpha value is -2.78. The lowest BCUT2D eigenvalue weighted by Gasteiger charge is -2.27. The summed E-state index contributed by atoms with van der Waals surface area (Å²) in [5, 5.41) is 8.95. The Balaban J connectivity index is 1.77. The Bertz CT molecular complexity index is 765. The van der Waals surface area contributed by atoms with E-state index in [1.807, 2.05) is 18.2 Å². The maximum absolute atomic E-state index is 11.2. The summed E-state index contributed by atoms with van der Waals surface area (Å²) < 4.78 is 0. The minimum absolute atomic E-state index is 0.00655. The van der Waals surface area contributed by atoms with Gasteiger partial charge in [0.25, 0.3) is 5.91 Å². The molecule has 0 saturated carbocycles. The number of carbonyl (C=O) groups excluding carboxylic acids is 1. The Kier molecular flexibility index (Phi) is 3.81. The van der Waals surface area contributed by atoms with E-state index in [0.29, 0.717) is 12.1 Å². The van der Waals surface area contributed by atoms with Crippen LogP contribution in [0.1, 0.15) is 33.0 Å². The number of primary amides is 1. The smallest absolute Gasteiger partial charge is 0.286 e. The van der Waals surface area contributed by atoms with Crippen LogP contribution in [-0.2, 0) is 19.5 Å². The van der Waals surface area contributed by atoms with Gasteiger partial charge >= 0.3 is 0 Å². The number of benzene rings is 1. The predicted molar refractivity (Wildman–Crippen MR) is 78.4 cm³/mol. The normalized spacial score (nSPS) is 14.1. The van der Waals surface area contributed by atoms with Crippen molar-refractivity contribution in [3.8, 4) is 6.07 Å². The van der Waals surface area contributed by atoms with Gasteiger partial charge in [0.15, 0.2) is 0 Å². The molecule has 6 heteroatoms. The number of carbonyl (C=O) groups is 1. The lowest BCUT2D eigenvalue weighted by molar-refractivity contribution is 0.0989. The summed E-state index contributed by atoms with van der Waals surface area (Å²) in [6.45, 7) is 2.20. The molecule has 3 rings (SSSR count). The van der Waals surface area contributed by atoms with Gasteiger partial charge < -0.3 is 5.73 Å². The minimum Gasteiger partial charge on any atom is -0.363 e. The van der Waals surface area contributed by atoms with Crippen molar-refractivity contribution in [2.24, 2.45) is 5.73 Å². The van der Waals surface area contributed by atoms with Crippen LogP contribution in [0.4, 0.5) is 0 Å². The Morgan fingerprint density at radius 3 is 3.14 bits per heavy atom. The van der Waals surface area contributed by atoms with E-state index in [4.69, 9.17) is 11.0 Å². The van der Waals surface area contributed by atoms with Crippen molar-refractivity contribution in [2.75, 3.05) is 6.54 Å². The molecule has 2 aromatic rings. The van der Waals surface area contributed by atoms with E-state index in [1.54, 1.807) is 6.07 Å². The van der Waals surface area contributed by atoms with Crippen LogP contribution < -0.4 is 5.73 Å². The summed E-state index contributed by atoms with van der Waals surface area (Å²) in [7, 11) is 0. The first-order valence-corrected chi connectivity index (χ1v) is 6.94. The second-order valence-corrected chi connectivity index (χ2v) is 5.22. The van der Waals surface area contributed by atoms with E-state index in [-0.39, 0.29) is 5.82 Å². The van der Waals surface area contributed by atoms with Crippen LogP contribution in [0.25, 0.3) is 0 Å². The molecule has 0 spiro atoms. The number of rotatable bonds is 3. The highest BCUT2D eigenvalue weighted by molar-refractivity contribution is 5.88. The molecule has 22 heavy (non-hydrogen) atoms. The van der Waals surface area contributed by atoms with Gasteiger partial charge in [-0.25, -0.2) is 9.97 Å². The van der Waals surface area contributed by atoms with Gasteiger partial charge in [0, 0.05) is 25.2 Å². The van der Waals surface area contributed by atoms with Crippen LogP contribution in [0.15, 0.2) is 24.3 Å². The molecule has 1 aromatic heterocycles. The molecule has 2 N–H and O–H groups in total. The lowest BCUT2D eigenvalue weighted by Crippen LogP contribution is -2.32. The van der Waals surface area contributed by atoms with E-state index in [9.17, 15) is 4.79 Å². The Morgan fingerprint density at radius 2 is 2.36 bits per heavy atom. The monoisotopic (exact) mass is 292 g/mol. The van der Waals surface area contributed by atoms with Crippen LogP contribution in [0.5, 0.6) is 0 Å². The topological polar surface area (TPSA) is 95.9 Å². The van der Waals surface area contributed by atoms with Crippen LogP contribution in [0.3, 0.4) is 0 Å². The fourth-order valence-electron chi connectivity index (χ4n) is 2.54. The van der Waals surface area contributed by atoms with Crippen molar-refractivity contribution >= 4 is 5.91 Å². The first-order valence-electron chi connectivity index (χ1n) is 6.94. The minimum atomic E-state index is -0.641. The maximum Gasteiger partial charge on any atom is 0.286 e. The molecular formula is C16H14N5O. The molecule has 1 amide bonds. The first-order chi connectivity index (χ1) is 10.7. The van der Waals surface area contributed by atoms with Gasteiger partial charge in [-0.3, -0.25) is 9.69 Å². The third-order valence-electron chi connectivity index (χ3n) is 3.62. The molecule has 0 aliphatic carbocycles.